The van der Waals surface area contributed by atoms with Gasteiger partial charge in [-0.2, -0.15) is 0 Å². The number of carbonyl (C=O) groups excluding carboxylic acids is 1. The highest BCUT2D eigenvalue weighted by Crippen LogP contribution is 2.42. The summed E-state index contributed by atoms with van der Waals surface area (Å²) in [7, 11) is 0. The van der Waals surface area contributed by atoms with Crippen LogP contribution >= 0.6 is 0 Å². The Morgan fingerprint density at radius 2 is 1.71 bits per heavy atom. The van der Waals surface area contributed by atoms with Crippen molar-refractivity contribution < 1.29 is 9.53 Å². The van der Waals surface area contributed by atoms with Crippen LogP contribution in [0.3, 0.4) is 0 Å². The van der Waals surface area contributed by atoms with E-state index in [1.54, 1.807) is 0 Å². The molecule has 2 aliphatic heterocycles. The number of ether oxygens (including phenoxy) is 1. The van der Waals surface area contributed by atoms with Crippen molar-refractivity contribution >= 4 is 11.6 Å². The number of Topliss-reactive ketones (excluding diaryl/α,β-unsaturated/α-hetero) is 1. The third kappa shape index (κ3) is 3.58. The van der Waals surface area contributed by atoms with Crippen LogP contribution in [0, 0.1) is 20.8 Å². The van der Waals surface area contributed by atoms with Crippen molar-refractivity contribution in [2.24, 2.45) is 0 Å². The first-order valence-electron chi connectivity index (χ1n) is 10.9. The Hall–Kier alpha value is -3.21. The molecule has 2 aliphatic rings. The second-order valence-corrected chi connectivity index (χ2v) is 8.78. The molecule has 3 heterocycles. The zero-order chi connectivity index (χ0) is 21.6. The lowest BCUT2D eigenvalue weighted by molar-refractivity contribution is 0.0225. The van der Waals surface area contributed by atoms with Crippen molar-refractivity contribution in [3.63, 3.8) is 0 Å². The van der Waals surface area contributed by atoms with E-state index in [1.165, 1.54) is 0 Å². The highest BCUT2D eigenvalue weighted by atomic mass is 16.5. The SMILES string of the molecule is Cc1nc(-c2ccccc2)cc(N2CCC3(CC2)CC(=O)c2ccc(C)c(C)c2O3)n1. The molecule has 31 heavy (non-hydrogen) atoms. The van der Waals surface area contributed by atoms with Crippen molar-refractivity contribution in [3.05, 3.63) is 71.0 Å². The molecule has 5 heteroatoms. The number of nitrogens with zero attached hydrogens (tertiary/aromatic N) is 3. The number of ketones is 1. The fourth-order valence-corrected chi connectivity index (χ4v) is 4.67. The maximum atomic E-state index is 12.9. The smallest absolute Gasteiger partial charge is 0.170 e. The summed E-state index contributed by atoms with van der Waals surface area (Å²) in [6, 6.07) is 16.2. The molecule has 0 N–H and O–H groups in total. The molecule has 1 aromatic heterocycles. The minimum absolute atomic E-state index is 0.196. The Balaban J connectivity index is 1.38. The third-order valence-corrected chi connectivity index (χ3v) is 6.67. The van der Waals surface area contributed by atoms with Gasteiger partial charge in [-0.05, 0) is 38.0 Å². The normalized spacial score (nSPS) is 17.4. The van der Waals surface area contributed by atoms with E-state index in [1.807, 2.05) is 44.2 Å². The second kappa shape index (κ2) is 7.49. The molecule has 5 nitrogen and oxygen atoms in total. The van der Waals surface area contributed by atoms with Gasteiger partial charge < -0.3 is 9.64 Å². The summed E-state index contributed by atoms with van der Waals surface area (Å²) in [6.45, 7) is 7.65. The van der Waals surface area contributed by atoms with Crippen LogP contribution in [0.1, 0.15) is 46.6 Å². The Labute approximate surface area is 183 Å². The largest absolute Gasteiger partial charge is 0.486 e. The van der Waals surface area contributed by atoms with E-state index in [4.69, 9.17) is 9.72 Å². The average Bonchev–Trinajstić information content (AvgIpc) is 2.77. The number of hydrogen-bond donors (Lipinski definition) is 0. The van der Waals surface area contributed by atoms with E-state index in [2.05, 4.69) is 35.0 Å². The number of carbonyl (C=O) groups is 1. The molecule has 1 spiro atoms. The molecule has 0 atom stereocenters. The Kier molecular flexibility index (Phi) is 4.77. The van der Waals surface area contributed by atoms with Crippen LogP contribution in [-0.4, -0.2) is 34.4 Å². The lowest BCUT2D eigenvalue weighted by atomic mass is 9.81. The summed E-state index contributed by atoms with van der Waals surface area (Å²) >= 11 is 0. The molecule has 0 unspecified atom stereocenters. The van der Waals surface area contributed by atoms with Gasteiger partial charge in [0, 0.05) is 37.6 Å². The van der Waals surface area contributed by atoms with Gasteiger partial charge in [0.15, 0.2) is 5.78 Å². The predicted molar refractivity (Wildman–Crippen MR) is 122 cm³/mol. The molecule has 0 amide bonds. The van der Waals surface area contributed by atoms with Crippen LogP contribution in [0.2, 0.25) is 0 Å². The topological polar surface area (TPSA) is 55.3 Å². The van der Waals surface area contributed by atoms with Gasteiger partial charge in [-0.15, -0.1) is 0 Å². The van der Waals surface area contributed by atoms with Crippen LogP contribution in [0.5, 0.6) is 5.75 Å². The molecular formula is C26H27N3O2. The highest BCUT2D eigenvalue weighted by Gasteiger charge is 2.43. The van der Waals surface area contributed by atoms with E-state index < -0.39 is 5.60 Å². The minimum atomic E-state index is -0.413. The molecule has 0 radical (unpaired) electrons. The zero-order valence-corrected chi connectivity index (χ0v) is 18.3. The van der Waals surface area contributed by atoms with Crippen molar-refractivity contribution in [2.45, 2.75) is 45.6 Å². The molecule has 2 aromatic carbocycles. The number of anilines is 1. The highest BCUT2D eigenvalue weighted by molar-refractivity contribution is 6.01. The molecule has 0 saturated carbocycles. The summed E-state index contributed by atoms with van der Waals surface area (Å²) < 4.78 is 6.56. The number of benzene rings is 2. The van der Waals surface area contributed by atoms with Gasteiger partial charge in [0.25, 0.3) is 0 Å². The van der Waals surface area contributed by atoms with E-state index in [-0.39, 0.29) is 5.78 Å². The maximum Gasteiger partial charge on any atom is 0.170 e. The van der Waals surface area contributed by atoms with E-state index >= 15 is 0 Å². The first-order chi connectivity index (χ1) is 14.9. The molecule has 158 valence electrons. The van der Waals surface area contributed by atoms with Gasteiger partial charge >= 0.3 is 0 Å². The van der Waals surface area contributed by atoms with Crippen molar-refractivity contribution in [1.82, 2.24) is 9.97 Å². The number of aromatic nitrogens is 2. The average molecular weight is 414 g/mol. The molecule has 3 aromatic rings. The standard InChI is InChI=1S/C26H27N3O2/c1-17-9-10-21-23(30)16-26(31-25(21)18(17)2)11-13-29(14-12-26)24-15-22(27-19(3)28-24)20-7-5-4-6-8-20/h4-10,15H,11-14,16H2,1-3H3. The summed E-state index contributed by atoms with van der Waals surface area (Å²) in [6.07, 6.45) is 2.05. The van der Waals surface area contributed by atoms with Gasteiger partial charge in [0.05, 0.1) is 17.7 Å². The van der Waals surface area contributed by atoms with Crippen LogP contribution in [0.4, 0.5) is 5.82 Å². The summed E-state index contributed by atoms with van der Waals surface area (Å²) in [5.41, 5.74) is 4.58. The van der Waals surface area contributed by atoms with Gasteiger partial charge in [0.2, 0.25) is 0 Å². The van der Waals surface area contributed by atoms with Crippen LogP contribution in [0.25, 0.3) is 11.3 Å². The molecular weight excluding hydrogens is 386 g/mol. The number of piperidine rings is 1. The van der Waals surface area contributed by atoms with Crippen LogP contribution < -0.4 is 9.64 Å². The Bertz CT molecular complexity index is 1150. The number of hydrogen-bond acceptors (Lipinski definition) is 5. The fraction of sp³-hybridized carbons (Fsp3) is 0.346. The lowest BCUT2D eigenvalue weighted by Gasteiger charge is -2.44. The minimum Gasteiger partial charge on any atom is -0.486 e. The zero-order valence-electron chi connectivity index (χ0n) is 18.3. The Morgan fingerprint density at radius 3 is 2.45 bits per heavy atom. The van der Waals surface area contributed by atoms with Crippen molar-refractivity contribution in [3.8, 4) is 17.0 Å². The fourth-order valence-electron chi connectivity index (χ4n) is 4.67. The first-order valence-corrected chi connectivity index (χ1v) is 10.9. The van der Waals surface area contributed by atoms with E-state index in [0.29, 0.717) is 6.42 Å². The monoisotopic (exact) mass is 413 g/mol. The van der Waals surface area contributed by atoms with Crippen LogP contribution in [0.15, 0.2) is 48.5 Å². The number of aryl methyl sites for hydroxylation is 2. The quantitative estimate of drug-likeness (QED) is 0.587. The molecule has 1 saturated heterocycles. The van der Waals surface area contributed by atoms with E-state index in [9.17, 15) is 4.79 Å². The van der Waals surface area contributed by atoms with E-state index in [0.717, 1.165) is 71.3 Å². The predicted octanol–water partition coefficient (Wildman–Crippen LogP) is 5.07. The summed E-state index contributed by atoms with van der Waals surface area (Å²) in [4.78, 5) is 24.5. The molecule has 0 aliphatic carbocycles. The number of fused-ring (bicyclic) bond motifs is 1. The lowest BCUT2D eigenvalue weighted by Crippen LogP contribution is -2.51. The van der Waals surface area contributed by atoms with Gasteiger partial charge in [-0.25, -0.2) is 9.97 Å². The summed E-state index contributed by atoms with van der Waals surface area (Å²) in [5, 5.41) is 0. The van der Waals surface area contributed by atoms with Crippen molar-refractivity contribution in [1.29, 1.82) is 0 Å². The summed E-state index contributed by atoms with van der Waals surface area (Å²) in [5.74, 6) is 2.69. The Morgan fingerprint density at radius 1 is 0.968 bits per heavy atom. The second-order valence-electron chi connectivity index (χ2n) is 8.78. The van der Waals surface area contributed by atoms with Gasteiger partial charge in [0.1, 0.15) is 23.0 Å². The number of rotatable bonds is 2. The maximum absolute atomic E-state index is 12.9. The van der Waals surface area contributed by atoms with Crippen LogP contribution in [-0.2, 0) is 0 Å². The first kappa shape index (κ1) is 19.7. The van der Waals surface area contributed by atoms with Gasteiger partial charge in [-0.1, -0.05) is 36.4 Å². The van der Waals surface area contributed by atoms with Gasteiger partial charge in [-0.3, -0.25) is 4.79 Å². The molecule has 5 rings (SSSR count). The third-order valence-electron chi connectivity index (χ3n) is 6.67. The van der Waals surface area contributed by atoms with Crippen molar-refractivity contribution in [2.75, 3.05) is 18.0 Å². The molecule has 0 bridgehead atoms. The molecule has 1 fully saturated rings.